The lowest BCUT2D eigenvalue weighted by Crippen LogP contribution is -2.48. The van der Waals surface area contributed by atoms with E-state index >= 15 is 0 Å². The zero-order valence-corrected chi connectivity index (χ0v) is 14.2. The minimum Gasteiger partial charge on any atom is -0.381 e. The van der Waals surface area contributed by atoms with Crippen molar-refractivity contribution in [2.45, 2.75) is 13.3 Å². The fraction of sp³-hybridized carbons (Fsp3) is 0.267. The predicted molar refractivity (Wildman–Crippen MR) is 93.6 cm³/mol. The number of hydrazine groups is 1. The van der Waals surface area contributed by atoms with Crippen molar-refractivity contribution in [3.8, 4) is 0 Å². The SMILES string of the molecule is CCOCCC(=O)NNC(=S)NC(=O)/C=C/c1ccccc1Cl. The van der Waals surface area contributed by atoms with Gasteiger partial charge in [-0.25, -0.2) is 0 Å². The van der Waals surface area contributed by atoms with Crippen molar-refractivity contribution in [2.75, 3.05) is 13.2 Å². The highest BCUT2D eigenvalue weighted by Gasteiger charge is 2.04. The molecule has 0 fully saturated rings. The van der Waals surface area contributed by atoms with E-state index in [0.29, 0.717) is 23.8 Å². The van der Waals surface area contributed by atoms with Crippen LogP contribution in [0.2, 0.25) is 5.02 Å². The van der Waals surface area contributed by atoms with Crippen molar-refractivity contribution in [1.29, 1.82) is 0 Å². The molecular formula is C15H18ClN3O3S. The summed E-state index contributed by atoms with van der Waals surface area (Å²) in [6, 6.07) is 7.12. The second kappa shape index (κ2) is 10.7. The molecule has 6 nitrogen and oxygen atoms in total. The molecule has 0 bridgehead atoms. The molecule has 0 aliphatic rings. The van der Waals surface area contributed by atoms with E-state index in [1.807, 2.05) is 13.0 Å². The van der Waals surface area contributed by atoms with Gasteiger partial charge in [-0.1, -0.05) is 29.8 Å². The van der Waals surface area contributed by atoms with Gasteiger partial charge in [0, 0.05) is 17.7 Å². The predicted octanol–water partition coefficient (Wildman–Crippen LogP) is 1.80. The molecule has 0 aliphatic heterocycles. The Balaban J connectivity index is 2.32. The number of ether oxygens (including phenoxy) is 1. The van der Waals surface area contributed by atoms with E-state index in [1.54, 1.807) is 24.3 Å². The number of nitrogens with one attached hydrogen (secondary N) is 3. The molecule has 0 aliphatic carbocycles. The Morgan fingerprint density at radius 1 is 1.30 bits per heavy atom. The molecule has 0 aromatic heterocycles. The summed E-state index contributed by atoms with van der Waals surface area (Å²) in [6.07, 6.45) is 3.07. The second-order valence-electron chi connectivity index (χ2n) is 4.29. The maximum Gasteiger partial charge on any atom is 0.250 e. The van der Waals surface area contributed by atoms with Gasteiger partial charge in [-0.2, -0.15) is 0 Å². The second-order valence-corrected chi connectivity index (χ2v) is 5.11. The first-order valence-corrected chi connectivity index (χ1v) is 7.71. The van der Waals surface area contributed by atoms with Crippen molar-refractivity contribution in [2.24, 2.45) is 0 Å². The Bertz CT molecular complexity index is 593. The number of hydrogen-bond donors (Lipinski definition) is 3. The lowest BCUT2D eigenvalue weighted by molar-refractivity contribution is -0.123. The van der Waals surface area contributed by atoms with Crippen molar-refractivity contribution in [3.05, 3.63) is 40.9 Å². The maximum absolute atomic E-state index is 11.7. The first-order valence-electron chi connectivity index (χ1n) is 6.93. The normalized spacial score (nSPS) is 10.3. The summed E-state index contributed by atoms with van der Waals surface area (Å²) in [5.74, 6) is -0.729. The topological polar surface area (TPSA) is 79.5 Å². The minimum absolute atomic E-state index is 0.0106. The first-order chi connectivity index (χ1) is 11.0. The molecule has 23 heavy (non-hydrogen) atoms. The Labute approximate surface area is 145 Å². The molecule has 1 rings (SSSR count). The van der Waals surface area contributed by atoms with E-state index < -0.39 is 5.91 Å². The van der Waals surface area contributed by atoms with Crippen LogP contribution in [0.4, 0.5) is 0 Å². The van der Waals surface area contributed by atoms with Crippen molar-refractivity contribution < 1.29 is 14.3 Å². The van der Waals surface area contributed by atoms with Gasteiger partial charge in [0.1, 0.15) is 0 Å². The van der Waals surface area contributed by atoms with E-state index in [2.05, 4.69) is 16.2 Å². The highest BCUT2D eigenvalue weighted by Crippen LogP contribution is 2.15. The van der Waals surface area contributed by atoms with E-state index in [1.165, 1.54) is 6.08 Å². The van der Waals surface area contributed by atoms with Crippen molar-refractivity contribution in [3.63, 3.8) is 0 Å². The highest BCUT2D eigenvalue weighted by atomic mass is 35.5. The fourth-order valence-corrected chi connectivity index (χ4v) is 1.81. The van der Waals surface area contributed by atoms with Crippen LogP contribution in [0.1, 0.15) is 18.9 Å². The maximum atomic E-state index is 11.7. The highest BCUT2D eigenvalue weighted by molar-refractivity contribution is 7.80. The van der Waals surface area contributed by atoms with E-state index in [-0.39, 0.29) is 17.4 Å². The van der Waals surface area contributed by atoms with Crippen LogP contribution >= 0.6 is 23.8 Å². The third-order valence-electron chi connectivity index (χ3n) is 2.55. The number of carbonyl (C=O) groups excluding carboxylic acids is 2. The Hall–Kier alpha value is -1.96. The number of rotatable bonds is 6. The number of amides is 2. The molecule has 0 atom stereocenters. The van der Waals surface area contributed by atoms with Crippen LogP contribution in [0.15, 0.2) is 30.3 Å². The smallest absolute Gasteiger partial charge is 0.250 e. The fourth-order valence-electron chi connectivity index (χ4n) is 1.46. The Kier molecular flexibility index (Phi) is 8.89. The molecular weight excluding hydrogens is 338 g/mol. The van der Waals surface area contributed by atoms with Gasteiger partial charge in [-0.3, -0.25) is 25.8 Å². The average Bonchev–Trinajstić information content (AvgIpc) is 2.52. The van der Waals surface area contributed by atoms with Gasteiger partial charge < -0.3 is 4.74 Å². The van der Waals surface area contributed by atoms with E-state index in [0.717, 1.165) is 0 Å². The number of hydrogen-bond acceptors (Lipinski definition) is 4. The summed E-state index contributed by atoms with van der Waals surface area (Å²) in [5.41, 5.74) is 5.51. The molecule has 0 unspecified atom stereocenters. The van der Waals surface area contributed by atoms with Crippen LogP contribution in [0.25, 0.3) is 6.08 Å². The summed E-state index contributed by atoms with van der Waals surface area (Å²) in [5, 5.41) is 2.93. The van der Waals surface area contributed by atoms with Gasteiger partial charge in [-0.05, 0) is 36.8 Å². The van der Waals surface area contributed by atoms with Gasteiger partial charge in [-0.15, -0.1) is 0 Å². The molecule has 0 spiro atoms. The molecule has 124 valence electrons. The van der Waals surface area contributed by atoms with Gasteiger partial charge >= 0.3 is 0 Å². The zero-order valence-electron chi connectivity index (χ0n) is 12.6. The van der Waals surface area contributed by atoms with Gasteiger partial charge in [0.15, 0.2) is 5.11 Å². The van der Waals surface area contributed by atoms with Gasteiger partial charge in [0.2, 0.25) is 11.8 Å². The van der Waals surface area contributed by atoms with Crippen molar-refractivity contribution in [1.82, 2.24) is 16.2 Å². The summed E-state index contributed by atoms with van der Waals surface area (Å²) in [4.78, 5) is 23.1. The number of benzene rings is 1. The molecule has 8 heteroatoms. The molecule has 2 amide bonds. The largest absolute Gasteiger partial charge is 0.381 e. The number of carbonyl (C=O) groups is 2. The molecule has 1 aromatic rings. The molecule has 1 aromatic carbocycles. The lowest BCUT2D eigenvalue weighted by Gasteiger charge is -2.09. The molecule has 0 saturated carbocycles. The van der Waals surface area contributed by atoms with Crippen LogP contribution < -0.4 is 16.2 Å². The van der Waals surface area contributed by atoms with E-state index in [4.69, 9.17) is 28.6 Å². The minimum atomic E-state index is -0.439. The van der Waals surface area contributed by atoms with Gasteiger partial charge in [0.25, 0.3) is 0 Å². The monoisotopic (exact) mass is 355 g/mol. The summed E-state index contributed by atoms with van der Waals surface area (Å²) < 4.78 is 5.05. The summed E-state index contributed by atoms with van der Waals surface area (Å²) in [6.45, 7) is 2.72. The van der Waals surface area contributed by atoms with Crippen LogP contribution in [-0.4, -0.2) is 30.1 Å². The quantitative estimate of drug-likeness (QED) is 0.314. The lowest BCUT2D eigenvalue weighted by atomic mass is 10.2. The zero-order chi connectivity index (χ0) is 17.1. The molecule has 0 saturated heterocycles. The third kappa shape index (κ3) is 8.29. The molecule has 0 heterocycles. The Morgan fingerprint density at radius 3 is 2.74 bits per heavy atom. The number of halogens is 1. The summed E-state index contributed by atoms with van der Waals surface area (Å²) in [7, 11) is 0. The van der Waals surface area contributed by atoms with Crippen molar-refractivity contribution >= 4 is 46.8 Å². The van der Waals surface area contributed by atoms with Gasteiger partial charge in [0.05, 0.1) is 13.0 Å². The first kappa shape index (κ1) is 19.1. The molecule has 0 radical (unpaired) electrons. The summed E-state index contributed by atoms with van der Waals surface area (Å²) >= 11 is 10.9. The standard InChI is InChI=1S/C15H18ClN3O3S/c1-2-22-10-9-14(21)18-19-15(23)17-13(20)8-7-11-5-3-4-6-12(11)16/h3-8H,2,9-10H2,1H3,(H,18,21)(H2,17,19,20,23)/b8-7+. The molecule has 3 N–H and O–H groups in total. The van der Waals surface area contributed by atoms with E-state index in [9.17, 15) is 9.59 Å². The number of thiocarbonyl (C=S) groups is 1. The van der Waals surface area contributed by atoms with Crippen LogP contribution in [-0.2, 0) is 14.3 Å². The Morgan fingerprint density at radius 2 is 2.04 bits per heavy atom. The van der Waals surface area contributed by atoms with Crippen LogP contribution in [0.5, 0.6) is 0 Å². The third-order valence-corrected chi connectivity index (χ3v) is 3.10. The van der Waals surface area contributed by atoms with Crippen LogP contribution in [0.3, 0.4) is 0 Å². The average molecular weight is 356 g/mol. The van der Waals surface area contributed by atoms with Crippen LogP contribution in [0, 0.1) is 0 Å².